The van der Waals surface area contributed by atoms with Crippen molar-refractivity contribution in [2.24, 2.45) is 0 Å². The Kier molecular flexibility index (Phi) is 3.84. The zero-order valence-corrected chi connectivity index (χ0v) is 11.7. The van der Waals surface area contributed by atoms with Crippen LogP contribution in [-0.4, -0.2) is 6.54 Å². The second kappa shape index (κ2) is 5.93. The van der Waals surface area contributed by atoms with Crippen molar-refractivity contribution in [1.29, 1.82) is 0 Å². The summed E-state index contributed by atoms with van der Waals surface area (Å²) in [5.41, 5.74) is 2.48. The van der Waals surface area contributed by atoms with Crippen LogP contribution < -0.4 is 5.32 Å². The van der Waals surface area contributed by atoms with Gasteiger partial charge < -0.3 is 9.73 Å². The van der Waals surface area contributed by atoms with Crippen molar-refractivity contribution in [1.82, 2.24) is 5.32 Å². The minimum Gasteiger partial charge on any atom is -0.472 e. The molecule has 0 radical (unpaired) electrons. The molecule has 1 heterocycles. The monoisotopic (exact) mass is 265 g/mol. The zero-order valence-electron chi connectivity index (χ0n) is 11.7. The van der Waals surface area contributed by atoms with Gasteiger partial charge in [-0.05, 0) is 35.4 Å². The Balaban J connectivity index is 2.09. The van der Waals surface area contributed by atoms with Crippen LogP contribution in [0.15, 0.2) is 65.5 Å². The summed E-state index contributed by atoms with van der Waals surface area (Å²) >= 11 is 0. The minimum atomic E-state index is 0.180. The van der Waals surface area contributed by atoms with E-state index in [1.54, 1.807) is 6.26 Å². The third-order valence-corrected chi connectivity index (χ3v) is 3.61. The predicted molar refractivity (Wildman–Crippen MR) is 82.8 cm³/mol. The molecule has 0 spiro atoms. The highest BCUT2D eigenvalue weighted by Crippen LogP contribution is 2.29. The van der Waals surface area contributed by atoms with E-state index in [-0.39, 0.29) is 6.04 Å². The molecule has 1 aromatic heterocycles. The highest BCUT2D eigenvalue weighted by molar-refractivity contribution is 5.86. The maximum absolute atomic E-state index is 5.27. The van der Waals surface area contributed by atoms with Gasteiger partial charge in [-0.3, -0.25) is 0 Å². The summed E-state index contributed by atoms with van der Waals surface area (Å²) in [6, 6.07) is 17.2. The molecule has 0 fully saturated rings. The Labute approximate surface area is 119 Å². The van der Waals surface area contributed by atoms with Crippen LogP contribution in [0, 0.1) is 0 Å². The van der Waals surface area contributed by atoms with Gasteiger partial charge in [0.2, 0.25) is 0 Å². The molecule has 0 aliphatic carbocycles. The second-order valence-corrected chi connectivity index (χ2v) is 5.01. The standard InChI is InChI=1S/C18H19NO/c1-2-11-19-18(15-10-12-20-13-15)17-9-5-7-14-6-3-4-8-16(14)17/h3-10,12-13,18-19H,2,11H2,1H3. The summed E-state index contributed by atoms with van der Waals surface area (Å²) in [6.45, 7) is 3.17. The number of fused-ring (bicyclic) bond motifs is 1. The van der Waals surface area contributed by atoms with E-state index in [1.165, 1.54) is 21.9 Å². The first-order chi connectivity index (χ1) is 9.90. The van der Waals surface area contributed by atoms with Gasteiger partial charge in [0.1, 0.15) is 0 Å². The Morgan fingerprint density at radius 3 is 2.70 bits per heavy atom. The van der Waals surface area contributed by atoms with E-state index >= 15 is 0 Å². The summed E-state index contributed by atoms with van der Waals surface area (Å²) in [7, 11) is 0. The highest BCUT2D eigenvalue weighted by Gasteiger charge is 2.16. The van der Waals surface area contributed by atoms with Crippen LogP contribution >= 0.6 is 0 Å². The van der Waals surface area contributed by atoms with Crippen LogP contribution in [0.2, 0.25) is 0 Å². The Bertz CT molecular complexity index is 667. The van der Waals surface area contributed by atoms with E-state index in [1.807, 2.05) is 12.3 Å². The van der Waals surface area contributed by atoms with Gasteiger partial charge in [0.15, 0.2) is 0 Å². The van der Waals surface area contributed by atoms with Crippen molar-refractivity contribution in [3.63, 3.8) is 0 Å². The number of nitrogens with one attached hydrogen (secondary N) is 1. The molecule has 0 saturated heterocycles. The van der Waals surface area contributed by atoms with Crippen molar-refractivity contribution < 1.29 is 4.42 Å². The quantitative estimate of drug-likeness (QED) is 0.733. The zero-order chi connectivity index (χ0) is 13.8. The van der Waals surface area contributed by atoms with Crippen molar-refractivity contribution in [3.05, 3.63) is 72.2 Å². The van der Waals surface area contributed by atoms with Crippen molar-refractivity contribution in [2.75, 3.05) is 6.54 Å². The van der Waals surface area contributed by atoms with Crippen LogP contribution in [0.1, 0.15) is 30.5 Å². The molecule has 3 aromatic rings. The molecule has 1 unspecified atom stereocenters. The normalized spacial score (nSPS) is 12.7. The molecule has 0 aliphatic rings. The van der Waals surface area contributed by atoms with E-state index in [0.29, 0.717) is 0 Å². The number of rotatable bonds is 5. The summed E-state index contributed by atoms with van der Waals surface area (Å²) < 4.78 is 5.27. The summed E-state index contributed by atoms with van der Waals surface area (Å²) in [6.07, 6.45) is 4.68. The van der Waals surface area contributed by atoms with E-state index in [9.17, 15) is 0 Å². The van der Waals surface area contributed by atoms with Gasteiger partial charge in [-0.15, -0.1) is 0 Å². The molecule has 3 rings (SSSR count). The van der Waals surface area contributed by atoms with Crippen molar-refractivity contribution in [2.45, 2.75) is 19.4 Å². The second-order valence-electron chi connectivity index (χ2n) is 5.01. The Hall–Kier alpha value is -2.06. The fraction of sp³-hybridized carbons (Fsp3) is 0.222. The van der Waals surface area contributed by atoms with Gasteiger partial charge in [0.25, 0.3) is 0 Å². The molecule has 2 nitrogen and oxygen atoms in total. The molecule has 2 heteroatoms. The lowest BCUT2D eigenvalue weighted by atomic mass is 9.95. The maximum atomic E-state index is 5.27. The maximum Gasteiger partial charge on any atom is 0.0953 e. The lowest BCUT2D eigenvalue weighted by Gasteiger charge is -2.19. The third-order valence-electron chi connectivity index (χ3n) is 3.61. The number of benzene rings is 2. The predicted octanol–water partition coefficient (Wildman–Crippen LogP) is 4.52. The van der Waals surface area contributed by atoms with Crippen molar-refractivity contribution in [3.8, 4) is 0 Å². The SMILES string of the molecule is CCCNC(c1ccoc1)c1cccc2ccccc12. The molecule has 102 valence electrons. The summed E-state index contributed by atoms with van der Waals surface area (Å²) in [5, 5.41) is 6.19. The van der Waals surface area contributed by atoms with E-state index in [2.05, 4.69) is 54.7 Å². The molecular formula is C18H19NO. The highest BCUT2D eigenvalue weighted by atomic mass is 16.3. The lowest BCUT2D eigenvalue weighted by molar-refractivity contribution is 0.549. The van der Waals surface area contributed by atoms with Gasteiger partial charge >= 0.3 is 0 Å². The van der Waals surface area contributed by atoms with Gasteiger partial charge in [0, 0.05) is 5.56 Å². The van der Waals surface area contributed by atoms with Gasteiger partial charge in [-0.25, -0.2) is 0 Å². The molecule has 0 aliphatic heterocycles. The number of hydrogen-bond acceptors (Lipinski definition) is 2. The smallest absolute Gasteiger partial charge is 0.0953 e. The summed E-state index contributed by atoms with van der Waals surface area (Å²) in [5.74, 6) is 0. The largest absolute Gasteiger partial charge is 0.472 e. The topological polar surface area (TPSA) is 25.2 Å². The van der Waals surface area contributed by atoms with Crippen LogP contribution in [0.3, 0.4) is 0 Å². The molecule has 0 amide bonds. The molecule has 1 atom stereocenters. The first-order valence-electron chi connectivity index (χ1n) is 7.13. The van der Waals surface area contributed by atoms with Gasteiger partial charge in [-0.2, -0.15) is 0 Å². The molecule has 0 saturated carbocycles. The van der Waals surface area contributed by atoms with E-state index < -0.39 is 0 Å². The molecule has 20 heavy (non-hydrogen) atoms. The third kappa shape index (κ3) is 2.47. The summed E-state index contributed by atoms with van der Waals surface area (Å²) in [4.78, 5) is 0. The molecule has 1 N–H and O–H groups in total. The molecule has 2 aromatic carbocycles. The molecular weight excluding hydrogens is 246 g/mol. The first kappa shape index (κ1) is 12.9. The lowest BCUT2D eigenvalue weighted by Crippen LogP contribution is -2.23. The fourth-order valence-corrected chi connectivity index (χ4v) is 2.64. The number of furan rings is 1. The average Bonchev–Trinajstić information content (AvgIpc) is 3.02. The van der Waals surface area contributed by atoms with Gasteiger partial charge in [-0.1, -0.05) is 49.4 Å². The van der Waals surface area contributed by atoms with Crippen LogP contribution in [0.25, 0.3) is 10.8 Å². The molecule has 0 bridgehead atoms. The Morgan fingerprint density at radius 1 is 1.05 bits per heavy atom. The van der Waals surface area contributed by atoms with E-state index in [4.69, 9.17) is 4.42 Å². The fourth-order valence-electron chi connectivity index (χ4n) is 2.64. The Morgan fingerprint density at radius 2 is 1.90 bits per heavy atom. The van der Waals surface area contributed by atoms with Gasteiger partial charge in [0.05, 0.1) is 18.6 Å². The minimum absolute atomic E-state index is 0.180. The van der Waals surface area contributed by atoms with Crippen LogP contribution in [0.4, 0.5) is 0 Å². The van der Waals surface area contributed by atoms with Crippen LogP contribution in [0.5, 0.6) is 0 Å². The first-order valence-corrected chi connectivity index (χ1v) is 7.13. The van der Waals surface area contributed by atoms with E-state index in [0.717, 1.165) is 13.0 Å². The number of hydrogen-bond donors (Lipinski definition) is 1. The van der Waals surface area contributed by atoms with Crippen molar-refractivity contribution >= 4 is 10.8 Å². The average molecular weight is 265 g/mol. The van der Waals surface area contributed by atoms with Crippen LogP contribution in [-0.2, 0) is 0 Å².